The summed E-state index contributed by atoms with van der Waals surface area (Å²) in [7, 11) is 0. The summed E-state index contributed by atoms with van der Waals surface area (Å²) in [5.74, 6) is 2.19. The Morgan fingerprint density at radius 3 is 2.48 bits per heavy atom. The molecular weight excluding hydrogens is 394 g/mol. The Morgan fingerprint density at radius 2 is 1.84 bits per heavy atom. The molecule has 31 heavy (non-hydrogen) atoms. The first-order valence-electron chi connectivity index (χ1n) is 10.7. The van der Waals surface area contributed by atoms with Crippen LogP contribution >= 0.6 is 0 Å². The normalized spacial score (nSPS) is 12.4. The van der Waals surface area contributed by atoms with Crippen molar-refractivity contribution in [1.29, 1.82) is 0 Å². The van der Waals surface area contributed by atoms with E-state index in [-0.39, 0.29) is 13.2 Å². The van der Waals surface area contributed by atoms with Crippen LogP contribution in [0.5, 0.6) is 5.75 Å². The van der Waals surface area contributed by atoms with Gasteiger partial charge in [-0.05, 0) is 67.5 Å². The van der Waals surface area contributed by atoms with E-state index in [9.17, 15) is 5.11 Å². The van der Waals surface area contributed by atoms with Gasteiger partial charge in [-0.2, -0.15) is 4.98 Å². The number of benzene rings is 1. The Bertz CT molecular complexity index is 1030. The van der Waals surface area contributed by atoms with Gasteiger partial charge in [-0.25, -0.2) is 0 Å². The fourth-order valence-corrected chi connectivity index (χ4v) is 3.46. The lowest BCUT2D eigenvalue weighted by atomic mass is 10.0. The topological polar surface area (TPSA) is 102 Å². The molecule has 0 fully saturated rings. The van der Waals surface area contributed by atoms with E-state index >= 15 is 0 Å². The average molecular weight is 426 g/mol. The fourth-order valence-electron chi connectivity index (χ4n) is 3.46. The maximum atomic E-state index is 9.58. The van der Waals surface area contributed by atoms with Crippen molar-refractivity contribution in [2.45, 2.75) is 53.6 Å². The summed E-state index contributed by atoms with van der Waals surface area (Å²) in [4.78, 5) is 9.17. The molecule has 0 radical (unpaired) electrons. The number of aliphatic hydroxyl groups is 2. The Kier molecular flexibility index (Phi) is 7.41. The van der Waals surface area contributed by atoms with Crippen molar-refractivity contribution in [2.24, 2.45) is 5.92 Å². The number of nitrogens with zero attached hydrogens (tertiary/aromatic N) is 3. The molecule has 7 nitrogen and oxygen atoms in total. The monoisotopic (exact) mass is 425 g/mol. The molecule has 3 rings (SSSR count). The van der Waals surface area contributed by atoms with Crippen LogP contribution in [0.15, 0.2) is 28.9 Å². The molecule has 0 aliphatic carbocycles. The third-order valence-corrected chi connectivity index (χ3v) is 5.08. The molecular formula is C24H31N3O4. The van der Waals surface area contributed by atoms with E-state index < -0.39 is 6.10 Å². The van der Waals surface area contributed by atoms with Gasteiger partial charge in [-0.1, -0.05) is 25.9 Å². The zero-order chi connectivity index (χ0) is 22.5. The van der Waals surface area contributed by atoms with Gasteiger partial charge in [-0.3, -0.25) is 4.98 Å². The molecule has 1 aromatic carbocycles. The highest BCUT2D eigenvalue weighted by atomic mass is 16.5. The number of aryl methyl sites for hydroxylation is 3. The van der Waals surface area contributed by atoms with Crippen LogP contribution in [0.25, 0.3) is 22.8 Å². The van der Waals surface area contributed by atoms with E-state index in [0.717, 1.165) is 46.4 Å². The van der Waals surface area contributed by atoms with Crippen LogP contribution in [-0.2, 0) is 12.8 Å². The number of pyridine rings is 1. The second kappa shape index (κ2) is 10.0. The van der Waals surface area contributed by atoms with Crippen LogP contribution in [0.1, 0.15) is 43.2 Å². The lowest BCUT2D eigenvalue weighted by Gasteiger charge is -2.16. The van der Waals surface area contributed by atoms with Gasteiger partial charge in [0, 0.05) is 17.5 Å². The van der Waals surface area contributed by atoms with Gasteiger partial charge in [0.15, 0.2) is 0 Å². The number of rotatable bonds is 9. The maximum absolute atomic E-state index is 9.58. The number of aliphatic hydroxyl groups excluding tert-OH is 2. The Hall–Kier alpha value is -2.77. The van der Waals surface area contributed by atoms with Crippen LogP contribution in [0.4, 0.5) is 0 Å². The second-order valence-electron chi connectivity index (χ2n) is 8.29. The van der Waals surface area contributed by atoms with Crippen LogP contribution in [0, 0.1) is 19.8 Å². The molecule has 0 saturated heterocycles. The Morgan fingerprint density at radius 1 is 1.10 bits per heavy atom. The first-order chi connectivity index (χ1) is 14.8. The molecule has 0 bridgehead atoms. The number of ether oxygens (including phenoxy) is 1. The molecule has 0 aliphatic heterocycles. The van der Waals surface area contributed by atoms with E-state index in [0.29, 0.717) is 23.4 Å². The van der Waals surface area contributed by atoms with Crippen molar-refractivity contribution in [1.82, 2.24) is 15.1 Å². The Labute approximate surface area is 183 Å². The van der Waals surface area contributed by atoms with Crippen LogP contribution in [0.2, 0.25) is 0 Å². The molecule has 0 spiro atoms. The highest BCUT2D eigenvalue weighted by molar-refractivity contribution is 5.64. The van der Waals surface area contributed by atoms with Crippen molar-refractivity contribution >= 4 is 0 Å². The van der Waals surface area contributed by atoms with Gasteiger partial charge in [0.2, 0.25) is 5.82 Å². The van der Waals surface area contributed by atoms with Gasteiger partial charge in [0.05, 0.1) is 12.2 Å². The first-order valence-corrected chi connectivity index (χ1v) is 10.7. The van der Waals surface area contributed by atoms with E-state index in [2.05, 4.69) is 35.9 Å². The molecule has 0 aliphatic rings. The highest BCUT2D eigenvalue weighted by Gasteiger charge is 2.17. The SMILES string of the molecule is CCc1cc(-c2noc(-c3cnc(CC(C)C)c(C)c3)n2)cc(C)c1OC[C@@H](O)CO. The molecule has 2 aromatic heterocycles. The minimum atomic E-state index is -0.910. The molecule has 2 N–H and O–H groups in total. The van der Waals surface area contributed by atoms with E-state index in [1.165, 1.54) is 0 Å². The minimum Gasteiger partial charge on any atom is -0.490 e. The third kappa shape index (κ3) is 5.48. The lowest BCUT2D eigenvalue weighted by molar-refractivity contribution is 0.0531. The predicted octanol–water partition coefficient (Wildman–Crippen LogP) is 3.91. The van der Waals surface area contributed by atoms with Crippen molar-refractivity contribution in [3.8, 4) is 28.6 Å². The number of aromatic nitrogens is 3. The summed E-state index contributed by atoms with van der Waals surface area (Å²) in [6.07, 6.45) is 2.55. The summed E-state index contributed by atoms with van der Waals surface area (Å²) < 4.78 is 11.3. The van der Waals surface area contributed by atoms with Gasteiger partial charge in [-0.15, -0.1) is 0 Å². The molecule has 1 atom stereocenters. The second-order valence-corrected chi connectivity index (χ2v) is 8.29. The number of hydrogen-bond acceptors (Lipinski definition) is 7. The average Bonchev–Trinajstić information content (AvgIpc) is 3.23. The summed E-state index contributed by atoms with van der Waals surface area (Å²) >= 11 is 0. The van der Waals surface area contributed by atoms with E-state index in [4.69, 9.17) is 14.4 Å². The standard InChI is InChI=1S/C24H31N3O4/c1-6-17-10-18(9-16(5)22(17)30-13-20(29)12-28)23-26-24(31-27-23)19-8-15(4)21(25-11-19)7-14(2)3/h8-11,14,20,28-29H,6-7,12-13H2,1-5H3/t20-/m0/s1. The largest absolute Gasteiger partial charge is 0.490 e. The van der Waals surface area contributed by atoms with E-state index in [1.807, 2.05) is 32.0 Å². The summed E-state index contributed by atoms with van der Waals surface area (Å²) in [5, 5.41) is 22.8. The van der Waals surface area contributed by atoms with Crippen LogP contribution < -0.4 is 4.74 Å². The summed E-state index contributed by atoms with van der Waals surface area (Å²) in [6, 6.07) is 5.94. The predicted molar refractivity (Wildman–Crippen MR) is 119 cm³/mol. The van der Waals surface area contributed by atoms with Crippen molar-refractivity contribution < 1.29 is 19.5 Å². The van der Waals surface area contributed by atoms with E-state index in [1.54, 1.807) is 6.20 Å². The quantitative estimate of drug-likeness (QED) is 0.536. The first kappa shape index (κ1) is 22.9. The fraction of sp³-hybridized carbons (Fsp3) is 0.458. The van der Waals surface area contributed by atoms with Gasteiger partial charge in [0.25, 0.3) is 5.89 Å². The molecule has 0 unspecified atom stereocenters. The summed E-state index contributed by atoms with van der Waals surface area (Å²) in [6.45, 7) is 10.1. The zero-order valence-electron chi connectivity index (χ0n) is 18.8. The molecule has 166 valence electrons. The summed E-state index contributed by atoms with van der Waals surface area (Å²) in [5.41, 5.74) is 5.71. The van der Waals surface area contributed by atoms with Crippen molar-refractivity contribution in [2.75, 3.05) is 13.2 Å². The highest BCUT2D eigenvalue weighted by Crippen LogP contribution is 2.31. The molecule has 3 aromatic rings. The van der Waals surface area contributed by atoms with Crippen molar-refractivity contribution in [3.05, 3.63) is 46.8 Å². The number of hydrogen-bond donors (Lipinski definition) is 2. The third-order valence-electron chi connectivity index (χ3n) is 5.08. The smallest absolute Gasteiger partial charge is 0.259 e. The maximum Gasteiger partial charge on any atom is 0.259 e. The van der Waals surface area contributed by atoms with Crippen LogP contribution in [-0.4, -0.2) is 44.7 Å². The molecule has 0 saturated carbocycles. The Balaban J connectivity index is 1.87. The van der Waals surface area contributed by atoms with Crippen molar-refractivity contribution in [3.63, 3.8) is 0 Å². The minimum absolute atomic E-state index is 0.0369. The lowest BCUT2D eigenvalue weighted by Crippen LogP contribution is -2.22. The molecule has 2 heterocycles. The van der Waals surface area contributed by atoms with Crippen LogP contribution in [0.3, 0.4) is 0 Å². The van der Waals surface area contributed by atoms with Gasteiger partial charge in [0.1, 0.15) is 18.5 Å². The molecule has 0 amide bonds. The van der Waals surface area contributed by atoms with Gasteiger partial charge < -0.3 is 19.5 Å². The zero-order valence-corrected chi connectivity index (χ0v) is 18.8. The molecule has 7 heteroatoms. The van der Waals surface area contributed by atoms with Gasteiger partial charge >= 0.3 is 0 Å².